The minimum Gasteiger partial charge on any atom is -0.466 e. The third kappa shape index (κ3) is 1.96. The topological polar surface area (TPSA) is 56.2 Å². The van der Waals surface area contributed by atoms with Gasteiger partial charge in [-0.3, -0.25) is 4.79 Å². The Hall–Kier alpha value is -2.03. The van der Waals surface area contributed by atoms with Gasteiger partial charge in [0.2, 0.25) is 0 Å². The number of anilines is 1. The van der Waals surface area contributed by atoms with Crippen LogP contribution in [0.4, 0.5) is 5.69 Å². The van der Waals surface area contributed by atoms with Gasteiger partial charge in [-0.05, 0) is 38.5 Å². The normalized spacial score (nSPS) is 10.5. The molecule has 88 valence electrons. The second kappa shape index (κ2) is 4.09. The number of ketones is 1. The number of hydrogen-bond donors (Lipinski definition) is 1. The summed E-state index contributed by atoms with van der Waals surface area (Å²) in [6, 6.07) is 7.21. The van der Waals surface area contributed by atoms with Crippen molar-refractivity contribution in [1.82, 2.24) is 0 Å². The number of nitrogen functional groups attached to an aromatic ring is 1. The van der Waals surface area contributed by atoms with Gasteiger partial charge in [-0.1, -0.05) is 12.1 Å². The highest BCUT2D eigenvalue weighted by Crippen LogP contribution is 2.23. The number of benzene rings is 1. The Kier molecular flexibility index (Phi) is 2.76. The lowest BCUT2D eigenvalue weighted by Gasteiger charge is -2.06. The Morgan fingerprint density at radius 2 is 1.88 bits per heavy atom. The zero-order chi connectivity index (χ0) is 12.6. The molecular formula is C14H15NO2. The Labute approximate surface area is 100 Å². The smallest absolute Gasteiger partial charge is 0.198 e. The van der Waals surface area contributed by atoms with Gasteiger partial charge in [0.25, 0.3) is 0 Å². The van der Waals surface area contributed by atoms with Crippen molar-refractivity contribution in [3.8, 4) is 0 Å². The number of aryl methyl sites for hydroxylation is 3. The highest BCUT2D eigenvalue weighted by Gasteiger charge is 2.18. The first kappa shape index (κ1) is 11.5. The van der Waals surface area contributed by atoms with Crippen LogP contribution < -0.4 is 5.73 Å². The molecule has 17 heavy (non-hydrogen) atoms. The molecule has 0 spiro atoms. The monoisotopic (exact) mass is 229 g/mol. The van der Waals surface area contributed by atoms with Crippen LogP contribution in [-0.2, 0) is 0 Å². The average molecular weight is 229 g/mol. The molecule has 0 aliphatic rings. The van der Waals surface area contributed by atoms with Crippen LogP contribution in [0.5, 0.6) is 0 Å². The molecule has 1 aromatic heterocycles. The van der Waals surface area contributed by atoms with E-state index in [1.54, 1.807) is 19.1 Å². The van der Waals surface area contributed by atoms with Crippen LogP contribution in [0.25, 0.3) is 0 Å². The van der Waals surface area contributed by atoms with Gasteiger partial charge in [0.15, 0.2) is 5.78 Å². The molecule has 0 amide bonds. The molecule has 1 heterocycles. The first-order valence-electron chi connectivity index (χ1n) is 5.47. The van der Waals surface area contributed by atoms with Gasteiger partial charge in [0, 0.05) is 11.3 Å². The van der Waals surface area contributed by atoms with Crippen LogP contribution in [0.15, 0.2) is 28.7 Å². The van der Waals surface area contributed by atoms with Crippen molar-refractivity contribution in [2.24, 2.45) is 0 Å². The number of rotatable bonds is 2. The zero-order valence-electron chi connectivity index (χ0n) is 10.2. The highest BCUT2D eigenvalue weighted by molar-refractivity contribution is 6.13. The molecule has 0 fully saturated rings. The third-order valence-electron chi connectivity index (χ3n) is 2.85. The van der Waals surface area contributed by atoms with E-state index in [1.807, 2.05) is 26.0 Å². The summed E-state index contributed by atoms with van der Waals surface area (Å²) in [6.07, 6.45) is 0. The minimum absolute atomic E-state index is 0.0828. The molecule has 0 aliphatic carbocycles. The second-order valence-corrected chi connectivity index (χ2v) is 4.19. The molecule has 0 aliphatic heterocycles. The molecule has 0 bridgehead atoms. The number of carbonyl (C=O) groups excluding carboxylic acids is 1. The number of carbonyl (C=O) groups is 1. The minimum atomic E-state index is -0.0828. The molecular weight excluding hydrogens is 214 g/mol. The maximum atomic E-state index is 12.3. The maximum absolute atomic E-state index is 12.3. The van der Waals surface area contributed by atoms with Gasteiger partial charge in [0.05, 0.1) is 5.56 Å². The fraction of sp³-hybridized carbons (Fsp3) is 0.214. The summed E-state index contributed by atoms with van der Waals surface area (Å²) in [5, 5.41) is 0. The number of para-hydroxylation sites is 1. The highest BCUT2D eigenvalue weighted by atomic mass is 16.3. The second-order valence-electron chi connectivity index (χ2n) is 4.19. The maximum Gasteiger partial charge on any atom is 0.198 e. The first-order chi connectivity index (χ1) is 8.00. The van der Waals surface area contributed by atoms with Crippen molar-refractivity contribution >= 4 is 11.5 Å². The van der Waals surface area contributed by atoms with Gasteiger partial charge in [-0.2, -0.15) is 0 Å². The van der Waals surface area contributed by atoms with Crippen molar-refractivity contribution in [2.75, 3.05) is 5.73 Å². The Balaban J connectivity index is 2.51. The standard InChI is InChI=1S/C14H15NO2/c1-8-5-4-6-11(13(8)15)14(16)12-7-9(2)17-10(12)3/h4-7H,15H2,1-3H3. The van der Waals surface area contributed by atoms with E-state index >= 15 is 0 Å². The molecule has 0 unspecified atom stereocenters. The Bertz CT molecular complexity index is 582. The van der Waals surface area contributed by atoms with Crippen LogP contribution in [0.2, 0.25) is 0 Å². The van der Waals surface area contributed by atoms with Gasteiger partial charge in [0.1, 0.15) is 11.5 Å². The quantitative estimate of drug-likeness (QED) is 0.636. The van der Waals surface area contributed by atoms with Crippen LogP contribution in [-0.4, -0.2) is 5.78 Å². The predicted octanol–water partition coefficient (Wildman–Crippen LogP) is 3.02. The van der Waals surface area contributed by atoms with Gasteiger partial charge >= 0.3 is 0 Å². The zero-order valence-corrected chi connectivity index (χ0v) is 10.2. The van der Waals surface area contributed by atoms with Crippen LogP contribution in [0.1, 0.15) is 33.0 Å². The van der Waals surface area contributed by atoms with E-state index in [0.29, 0.717) is 22.6 Å². The first-order valence-corrected chi connectivity index (χ1v) is 5.47. The van der Waals surface area contributed by atoms with Crippen molar-refractivity contribution < 1.29 is 9.21 Å². The lowest BCUT2D eigenvalue weighted by molar-refractivity contribution is 0.103. The molecule has 3 nitrogen and oxygen atoms in total. The number of hydrogen-bond acceptors (Lipinski definition) is 3. The average Bonchev–Trinajstić information content (AvgIpc) is 2.61. The molecule has 2 rings (SSSR count). The van der Waals surface area contributed by atoms with Crippen molar-refractivity contribution in [3.63, 3.8) is 0 Å². The van der Waals surface area contributed by atoms with E-state index in [-0.39, 0.29) is 5.78 Å². The SMILES string of the molecule is Cc1cc(C(=O)c2cccc(C)c2N)c(C)o1. The van der Waals surface area contributed by atoms with Gasteiger partial charge < -0.3 is 10.2 Å². The van der Waals surface area contributed by atoms with Crippen LogP contribution in [0.3, 0.4) is 0 Å². The van der Waals surface area contributed by atoms with Crippen molar-refractivity contribution in [1.29, 1.82) is 0 Å². The van der Waals surface area contributed by atoms with Crippen molar-refractivity contribution in [3.05, 3.63) is 52.5 Å². The summed E-state index contributed by atoms with van der Waals surface area (Å²) in [5.74, 6) is 1.28. The summed E-state index contributed by atoms with van der Waals surface area (Å²) in [4.78, 5) is 12.3. The Morgan fingerprint density at radius 3 is 2.47 bits per heavy atom. The fourth-order valence-electron chi connectivity index (χ4n) is 1.88. The molecule has 3 heteroatoms. The van der Waals surface area contributed by atoms with E-state index in [0.717, 1.165) is 11.3 Å². The van der Waals surface area contributed by atoms with Crippen molar-refractivity contribution in [2.45, 2.75) is 20.8 Å². The van der Waals surface area contributed by atoms with E-state index < -0.39 is 0 Å². The summed E-state index contributed by atoms with van der Waals surface area (Å²) < 4.78 is 5.37. The van der Waals surface area contributed by atoms with Crippen LogP contribution >= 0.6 is 0 Å². The lowest BCUT2D eigenvalue weighted by Crippen LogP contribution is -2.06. The Morgan fingerprint density at radius 1 is 1.18 bits per heavy atom. The largest absolute Gasteiger partial charge is 0.466 e. The number of furan rings is 1. The molecule has 2 aromatic rings. The summed E-state index contributed by atoms with van der Waals surface area (Å²) in [6.45, 7) is 5.50. The molecule has 2 N–H and O–H groups in total. The van der Waals surface area contributed by atoms with Gasteiger partial charge in [-0.15, -0.1) is 0 Å². The predicted molar refractivity (Wildman–Crippen MR) is 67.2 cm³/mol. The van der Waals surface area contributed by atoms with Gasteiger partial charge in [-0.25, -0.2) is 0 Å². The van der Waals surface area contributed by atoms with E-state index in [1.165, 1.54) is 0 Å². The number of nitrogens with two attached hydrogens (primary N) is 1. The molecule has 0 radical (unpaired) electrons. The molecule has 0 saturated carbocycles. The lowest BCUT2D eigenvalue weighted by atomic mass is 10.00. The molecule has 1 aromatic carbocycles. The van der Waals surface area contributed by atoms with Crippen LogP contribution in [0, 0.1) is 20.8 Å². The van der Waals surface area contributed by atoms with E-state index in [4.69, 9.17) is 10.2 Å². The molecule has 0 saturated heterocycles. The fourth-order valence-corrected chi connectivity index (χ4v) is 1.88. The summed E-state index contributed by atoms with van der Waals surface area (Å²) in [7, 11) is 0. The third-order valence-corrected chi connectivity index (χ3v) is 2.85. The molecule has 0 atom stereocenters. The summed E-state index contributed by atoms with van der Waals surface area (Å²) in [5.41, 5.74) is 8.49. The summed E-state index contributed by atoms with van der Waals surface area (Å²) >= 11 is 0. The van der Waals surface area contributed by atoms with E-state index in [2.05, 4.69) is 0 Å². The van der Waals surface area contributed by atoms with E-state index in [9.17, 15) is 4.79 Å².